The molecular weight excluding hydrogens is 520 g/mol. The minimum absolute atomic E-state index is 0.0596. The number of aromatic nitrogens is 1. The highest BCUT2D eigenvalue weighted by atomic mass is 16.5. The Morgan fingerprint density at radius 2 is 1.93 bits per heavy atom. The summed E-state index contributed by atoms with van der Waals surface area (Å²) >= 11 is 0. The van der Waals surface area contributed by atoms with Gasteiger partial charge in [-0.2, -0.15) is 5.26 Å². The van der Waals surface area contributed by atoms with Crippen molar-refractivity contribution < 1.29 is 24.5 Å². The molecule has 0 bridgehead atoms. The van der Waals surface area contributed by atoms with Crippen molar-refractivity contribution in [1.29, 1.82) is 5.26 Å². The topological polar surface area (TPSA) is 119 Å². The van der Waals surface area contributed by atoms with Crippen molar-refractivity contribution in [2.75, 3.05) is 39.8 Å². The monoisotopic (exact) mass is 556 g/mol. The number of hydrogen-bond donors (Lipinski definition) is 2. The zero-order valence-corrected chi connectivity index (χ0v) is 23.7. The fourth-order valence-electron chi connectivity index (χ4n) is 7.86. The molecule has 1 aromatic carbocycles. The number of benzene rings is 1. The number of ether oxygens (including phenoxy) is 2. The summed E-state index contributed by atoms with van der Waals surface area (Å²) in [4.78, 5) is 20.4. The van der Waals surface area contributed by atoms with Gasteiger partial charge in [0.2, 0.25) is 5.91 Å². The van der Waals surface area contributed by atoms with Gasteiger partial charge in [-0.25, -0.2) is 0 Å². The van der Waals surface area contributed by atoms with Gasteiger partial charge in [0.25, 0.3) is 0 Å². The Morgan fingerprint density at radius 1 is 1.20 bits per heavy atom. The van der Waals surface area contributed by atoms with E-state index >= 15 is 0 Å². The van der Waals surface area contributed by atoms with Crippen LogP contribution in [0.1, 0.15) is 37.0 Å². The number of piperazine rings is 1. The molecular formula is C32H36N4O5. The molecule has 9 heteroatoms. The summed E-state index contributed by atoms with van der Waals surface area (Å²) in [7, 11) is 1.52. The summed E-state index contributed by atoms with van der Waals surface area (Å²) in [6, 6.07) is 9.28. The van der Waals surface area contributed by atoms with E-state index in [2.05, 4.69) is 35.0 Å². The highest BCUT2D eigenvalue weighted by Crippen LogP contribution is 2.71. The minimum Gasteiger partial charge on any atom is -0.495 e. The number of aliphatic hydroxyl groups is 2. The molecule has 6 atom stereocenters. The molecule has 3 heterocycles. The standard InChI is InChI=1S/C32H36N4O5/c1-21(37)36-15-13-35(14-16-36)20-24-28(30(2)11-5-4-6-12-30)32(23-9-7-22(17-33)8-10-23)31(39,29(24)38)27-25(40-3)18-34-19-26(27)41-32/h4-11,18-19,24,28-29,38-39H,12-16,20H2,1-3H3/t24-,28+,29-,30?,31+,32+/m1/s1. The molecule has 214 valence electrons. The molecule has 1 saturated heterocycles. The van der Waals surface area contributed by atoms with Gasteiger partial charge >= 0.3 is 0 Å². The maximum Gasteiger partial charge on any atom is 0.219 e. The van der Waals surface area contributed by atoms with Crippen LogP contribution in [0.25, 0.3) is 0 Å². The zero-order chi connectivity index (χ0) is 29.0. The molecule has 2 aliphatic heterocycles. The summed E-state index contributed by atoms with van der Waals surface area (Å²) in [5, 5.41) is 35.0. The number of hydrogen-bond acceptors (Lipinski definition) is 8. The van der Waals surface area contributed by atoms with Crippen molar-refractivity contribution in [3.63, 3.8) is 0 Å². The molecule has 9 nitrogen and oxygen atoms in total. The van der Waals surface area contributed by atoms with Crippen molar-refractivity contribution in [1.82, 2.24) is 14.8 Å². The second kappa shape index (κ2) is 9.98. The third-order valence-electron chi connectivity index (χ3n) is 9.74. The number of rotatable bonds is 5. The lowest BCUT2D eigenvalue weighted by Crippen LogP contribution is -2.55. The van der Waals surface area contributed by atoms with E-state index in [1.54, 1.807) is 25.3 Å². The first-order chi connectivity index (χ1) is 19.7. The first-order valence-corrected chi connectivity index (χ1v) is 14.1. The Hall–Kier alpha value is -3.71. The Balaban J connectivity index is 1.54. The van der Waals surface area contributed by atoms with Gasteiger partial charge in [0.05, 0.1) is 42.8 Å². The molecule has 1 saturated carbocycles. The number of nitrogens with zero attached hydrogens (tertiary/aromatic N) is 4. The van der Waals surface area contributed by atoms with Crippen LogP contribution >= 0.6 is 0 Å². The van der Waals surface area contributed by atoms with Gasteiger partial charge < -0.3 is 24.6 Å². The fourth-order valence-corrected chi connectivity index (χ4v) is 7.86. The van der Waals surface area contributed by atoms with Gasteiger partial charge in [-0.15, -0.1) is 0 Å². The van der Waals surface area contributed by atoms with E-state index in [1.807, 2.05) is 29.2 Å². The van der Waals surface area contributed by atoms with E-state index in [-0.39, 0.29) is 5.91 Å². The predicted molar refractivity (Wildman–Crippen MR) is 151 cm³/mol. The highest BCUT2D eigenvalue weighted by molar-refractivity contribution is 5.73. The molecule has 4 aliphatic rings. The summed E-state index contributed by atoms with van der Waals surface area (Å²) < 4.78 is 12.6. The zero-order valence-electron chi connectivity index (χ0n) is 23.7. The molecule has 41 heavy (non-hydrogen) atoms. The van der Waals surface area contributed by atoms with Gasteiger partial charge in [-0.1, -0.05) is 43.4 Å². The molecule has 2 N–H and O–H groups in total. The molecule has 1 amide bonds. The summed E-state index contributed by atoms with van der Waals surface area (Å²) in [6.45, 7) is 6.84. The predicted octanol–water partition coefficient (Wildman–Crippen LogP) is 2.73. The van der Waals surface area contributed by atoms with Crippen LogP contribution in [0.2, 0.25) is 0 Å². The Morgan fingerprint density at radius 3 is 2.54 bits per heavy atom. The average Bonchev–Trinajstić information content (AvgIpc) is 3.36. The average molecular weight is 557 g/mol. The number of carbonyl (C=O) groups excluding carboxylic acids is 1. The van der Waals surface area contributed by atoms with Gasteiger partial charge in [0, 0.05) is 51.5 Å². The van der Waals surface area contributed by atoms with Crippen LogP contribution < -0.4 is 9.47 Å². The van der Waals surface area contributed by atoms with Crippen LogP contribution in [0.5, 0.6) is 11.5 Å². The number of amides is 1. The second-order valence-corrected chi connectivity index (χ2v) is 11.9. The second-order valence-electron chi connectivity index (χ2n) is 11.9. The van der Waals surface area contributed by atoms with Crippen LogP contribution in [-0.2, 0) is 16.0 Å². The van der Waals surface area contributed by atoms with Crippen LogP contribution in [0.3, 0.4) is 0 Å². The highest BCUT2D eigenvalue weighted by Gasteiger charge is 2.78. The Kier molecular flexibility index (Phi) is 6.68. The molecule has 2 aliphatic carbocycles. The number of nitriles is 1. The van der Waals surface area contributed by atoms with Crippen molar-refractivity contribution >= 4 is 5.91 Å². The van der Waals surface area contributed by atoms with E-state index < -0.39 is 34.6 Å². The fraction of sp³-hybridized carbons (Fsp3) is 0.469. The third kappa shape index (κ3) is 3.92. The summed E-state index contributed by atoms with van der Waals surface area (Å²) in [5.41, 5.74) is -2.23. The van der Waals surface area contributed by atoms with E-state index in [9.17, 15) is 20.3 Å². The largest absolute Gasteiger partial charge is 0.495 e. The van der Waals surface area contributed by atoms with E-state index in [1.165, 1.54) is 13.3 Å². The molecule has 0 radical (unpaired) electrons. The van der Waals surface area contributed by atoms with Gasteiger partial charge in [-0.3, -0.25) is 14.7 Å². The summed E-state index contributed by atoms with van der Waals surface area (Å²) in [5.74, 6) is -0.0332. The molecule has 2 fully saturated rings. The number of pyridine rings is 1. The number of methoxy groups -OCH3 is 1. The lowest BCUT2D eigenvalue weighted by Gasteiger charge is -2.48. The molecule has 6 rings (SSSR count). The number of allylic oxidation sites excluding steroid dienone is 4. The lowest BCUT2D eigenvalue weighted by atomic mass is 9.60. The minimum atomic E-state index is -1.88. The van der Waals surface area contributed by atoms with Crippen molar-refractivity contribution in [3.05, 3.63) is 77.7 Å². The van der Waals surface area contributed by atoms with Crippen LogP contribution in [-0.4, -0.2) is 76.8 Å². The van der Waals surface area contributed by atoms with Gasteiger partial charge in [0.1, 0.15) is 11.5 Å². The number of carbonyl (C=O) groups is 1. The maximum absolute atomic E-state index is 13.1. The van der Waals surface area contributed by atoms with Gasteiger partial charge in [0.15, 0.2) is 11.2 Å². The van der Waals surface area contributed by atoms with E-state index in [4.69, 9.17) is 9.47 Å². The molecule has 0 spiro atoms. The molecule has 2 aromatic rings. The van der Waals surface area contributed by atoms with E-state index in [0.717, 1.165) is 0 Å². The van der Waals surface area contributed by atoms with Crippen LogP contribution in [0.15, 0.2) is 61.0 Å². The smallest absolute Gasteiger partial charge is 0.219 e. The SMILES string of the molecule is COc1cncc2c1[C@]1(O)[C@H](O)[C@H](CN3CCN(C(C)=O)CC3)[C@@H](C3(C)C=CC=CC3)[C@]1(c1ccc(C#N)cc1)O2. The molecule has 1 unspecified atom stereocenters. The first kappa shape index (κ1) is 27.5. The summed E-state index contributed by atoms with van der Waals surface area (Å²) in [6.07, 6.45) is 10.9. The number of aliphatic hydroxyl groups excluding tert-OH is 1. The quantitative estimate of drug-likeness (QED) is 0.577. The van der Waals surface area contributed by atoms with E-state index in [0.29, 0.717) is 67.3 Å². The van der Waals surface area contributed by atoms with Crippen LogP contribution in [0, 0.1) is 28.6 Å². The maximum atomic E-state index is 13.1. The Labute approximate surface area is 240 Å². The molecule has 1 aromatic heterocycles. The lowest BCUT2D eigenvalue weighted by molar-refractivity contribution is -0.165. The van der Waals surface area contributed by atoms with Crippen LogP contribution in [0.4, 0.5) is 0 Å². The Bertz CT molecular complexity index is 1440. The van der Waals surface area contributed by atoms with Crippen molar-refractivity contribution in [2.24, 2.45) is 17.3 Å². The first-order valence-electron chi connectivity index (χ1n) is 14.1. The number of fused-ring (bicyclic) bond motifs is 3. The normalized spacial score (nSPS) is 34.0. The van der Waals surface area contributed by atoms with Crippen molar-refractivity contribution in [2.45, 2.75) is 37.6 Å². The van der Waals surface area contributed by atoms with Gasteiger partial charge in [-0.05, 0) is 29.5 Å². The van der Waals surface area contributed by atoms with Crippen molar-refractivity contribution in [3.8, 4) is 17.6 Å². The third-order valence-corrected chi connectivity index (χ3v) is 9.74.